The van der Waals surface area contributed by atoms with Crippen LogP contribution in [-0.4, -0.2) is 29.1 Å². The summed E-state index contributed by atoms with van der Waals surface area (Å²) in [6.45, 7) is 4.27. The Balaban J connectivity index is 1.97. The number of nitrogens with one attached hydrogen (secondary N) is 2. The SMILES string of the molecule is CC(C)CNC(=O)/C(C#N)=C1\N=C(NC(=O)c2cccc([N+](=O)[O-])c2)c2ccccc21. The predicted molar refractivity (Wildman–Crippen MR) is 114 cm³/mol. The third-order valence-electron chi connectivity index (χ3n) is 4.46. The third kappa shape index (κ3) is 4.64. The summed E-state index contributed by atoms with van der Waals surface area (Å²) in [5.74, 6) is -0.776. The molecule has 0 aliphatic carbocycles. The van der Waals surface area contributed by atoms with E-state index in [-0.39, 0.29) is 34.3 Å². The van der Waals surface area contributed by atoms with E-state index in [2.05, 4.69) is 15.6 Å². The Labute approximate surface area is 178 Å². The van der Waals surface area contributed by atoms with Gasteiger partial charge in [-0.15, -0.1) is 0 Å². The van der Waals surface area contributed by atoms with Crippen molar-refractivity contribution in [1.29, 1.82) is 5.26 Å². The highest BCUT2D eigenvalue weighted by Crippen LogP contribution is 2.30. The minimum Gasteiger partial charge on any atom is -0.351 e. The molecule has 0 aromatic heterocycles. The highest BCUT2D eigenvalue weighted by atomic mass is 16.6. The molecule has 0 atom stereocenters. The quantitative estimate of drug-likeness (QED) is 0.333. The number of non-ortho nitro benzene ring substituents is 1. The molecule has 3 rings (SSSR count). The summed E-state index contributed by atoms with van der Waals surface area (Å²) in [5.41, 5.74) is 0.952. The van der Waals surface area contributed by atoms with Gasteiger partial charge in [0.05, 0.1) is 10.6 Å². The largest absolute Gasteiger partial charge is 0.351 e. The van der Waals surface area contributed by atoms with Crippen LogP contribution in [-0.2, 0) is 4.79 Å². The van der Waals surface area contributed by atoms with Gasteiger partial charge in [0.25, 0.3) is 17.5 Å². The second kappa shape index (κ2) is 9.00. The maximum atomic E-state index is 12.7. The molecule has 0 spiro atoms. The van der Waals surface area contributed by atoms with E-state index in [0.29, 0.717) is 17.7 Å². The van der Waals surface area contributed by atoms with Crippen LogP contribution in [0, 0.1) is 27.4 Å². The van der Waals surface area contributed by atoms with Gasteiger partial charge in [-0.25, -0.2) is 4.99 Å². The number of hydrogen-bond donors (Lipinski definition) is 2. The van der Waals surface area contributed by atoms with Crippen molar-refractivity contribution in [2.24, 2.45) is 10.9 Å². The summed E-state index contributed by atoms with van der Waals surface area (Å²) in [6.07, 6.45) is 0. The zero-order valence-electron chi connectivity index (χ0n) is 16.9. The van der Waals surface area contributed by atoms with Crippen LogP contribution in [0.3, 0.4) is 0 Å². The first-order valence-corrected chi connectivity index (χ1v) is 9.48. The maximum absolute atomic E-state index is 12.7. The summed E-state index contributed by atoms with van der Waals surface area (Å²) in [6, 6.07) is 14.1. The Morgan fingerprint density at radius 1 is 1.16 bits per heavy atom. The van der Waals surface area contributed by atoms with Crippen LogP contribution in [0.4, 0.5) is 5.69 Å². The number of rotatable bonds is 5. The Morgan fingerprint density at radius 3 is 2.52 bits per heavy atom. The lowest BCUT2D eigenvalue weighted by atomic mass is 10.0. The first-order chi connectivity index (χ1) is 14.8. The van der Waals surface area contributed by atoms with E-state index < -0.39 is 16.7 Å². The molecule has 0 fully saturated rings. The van der Waals surface area contributed by atoms with Crippen molar-refractivity contribution >= 4 is 29.0 Å². The van der Waals surface area contributed by atoms with E-state index in [1.165, 1.54) is 18.2 Å². The van der Waals surface area contributed by atoms with E-state index >= 15 is 0 Å². The summed E-state index contributed by atoms with van der Waals surface area (Å²) in [4.78, 5) is 39.9. The molecule has 2 aromatic carbocycles. The molecule has 9 heteroatoms. The summed E-state index contributed by atoms with van der Waals surface area (Å²) >= 11 is 0. The maximum Gasteiger partial charge on any atom is 0.270 e. The molecule has 2 N–H and O–H groups in total. The number of amides is 2. The van der Waals surface area contributed by atoms with Gasteiger partial charge in [-0.3, -0.25) is 19.7 Å². The standard InChI is InChI=1S/C22H19N5O4/c1-13(2)12-24-22(29)18(11-23)19-16-8-3-4-9-17(16)20(25-19)26-21(28)14-6-5-7-15(10-14)27(30)31/h3-10,13H,12H2,1-2H3,(H,24,29)(H,25,26,28)/b19-18-. The fourth-order valence-corrected chi connectivity index (χ4v) is 2.95. The zero-order chi connectivity index (χ0) is 22.5. The topological polar surface area (TPSA) is 137 Å². The van der Waals surface area contributed by atoms with Crippen molar-refractivity contribution in [3.8, 4) is 6.07 Å². The van der Waals surface area contributed by atoms with Gasteiger partial charge in [0.1, 0.15) is 17.5 Å². The second-order valence-corrected chi connectivity index (χ2v) is 7.21. The van der Waals surface area contributed by atoms with Crippen LogP contribution < -0.4 is 10.6 Å². The minimum absolute atomic E-state index is 0.0852. The number of carbonyl (C=O) groups is 2. The normalized spacial score (nSPS) is 13.7. The highest BCUT2D eigenvalue weighted by Gasteiger charge is 2.27. The summed E-state index contributed by atoms with van der Waals surface area (Å²) in [7, 11) is 0. The second-order valence-electron chi connectivity index (χ2n) is 7.21. The number of fused-ring (bicyclic) bond motifs is 1. The monoisotopic (exact) mass is 417 g/mol. The smallest absolute Gasteiger partial charge is 0.270 e. The van der Waals surface area contributed by atoms with E-state index in [9.17, 15) is 25.0 Å². The average Bonchev–Trinajstić information content (AvgIpc) is 3.11. The van der Waals surface area contributed by atoms with Crippen LogP contribution in [0.5, 0.6) is 0 Å². The molecule has 31 heavy (non-hydrogen) atoms. The average molecular weight is 417 g/mol. The highest BCUT2D eigenvalue weighted by molar-refractivity contribution is 6.20. The fraction of sp³-hybridized carbons (Fsp3) is 0.182. The minimum atomic E-state index is -0.596. The molecule has 1 aliphatic rings. The lowest BCUT2D eigenvalue weighted by Gasteiger charge is -2.08. The molecule has 1 aliphatic heterocycles. The van der Waals surface area contributed by atoms with Crippen molar-refractivity contribution in [2.75, 3.05) is 6.54 Å². The lowest BCUT2D eigenvalue weighted by molar-refractivity contribution is -0.384. The van der Waals surface area contributed by atoms with Gasteiger partial charge >= 0.3 is 0 Å². The van der Waals surface area contributed by atoms with E-state index in [4.69, 9.17) is 0 Å². The van der Waals surface area contributed by atoms with Crippen LogP contribution in [0.2, 0.25) is 0 Å². The molecule has 0 saturated carbocycles. The molecule has 0 unspecified atom stereocenters. The van der Waals surface area contributed by atoms with Crippen molar-refractivity contribution in [3.63, 3.8) is 0 Å². The Kier molecular flexibility index (Phi) is 6.21. The van der Waals surface area contributed by atoms with Crippen LogP contribution in [0.15, 0.2) is 59.1 Å². The summed E-state index contributed by atoms with van der Waals surface area (Å²) < 4.78 is 0. The van der Waals surface area contributed by atoms with Crippen molar-refractivity contribution < 1.29 is 14.5 Å². The molecule has 0 bridgehead atoms. The predicted octanol–water partition coefficient (Wildman–Crippen LogP) is 2.79. The Morgan fingerprint density at radius 2 is 1.87 bits per heavy atom. The van der Waals surface area contributed by atoms with Crippen molar-refractivity contribution in [1.82, 2.24) is 10.6 Å². The molecule has 1 heterocycles. The molecule has 0 saturated heterocycles. The van der Waals surface area contributed by atoms with Crippen LogP contribution in [0.1, 0.15) is 35.3 Å². The summed E-state index contributed by atoms with van der Waals surface area (Å²) in [5, 5.41) is 25.9. The number of nitro groups is 1. The van der Waals surface area contributed by atoms with Crippen LogP contribution >= 0.6 is 0 Å². The molecular weight excluding hydrogens is 398 g/mol. The van der Waals surface area contributed by atoms with Gasteiger partial charge in [0.15, 0.2) is 0 Å². The third-order valence-corrected chi connectivity index (χ3v) is 4.46. The number of amidine groups is 1. The van der Waals surface area contributed by atoms with E-state index in [1.807, 2.05) is 19.9 Å². The van der Waals surface area contributed by atoms with Crippen molar-refractivity contribution in [2.45, 2.75) is 13.8 Å². The number of nitrogens with zero attached hydrogens (tertiary/aromatic N) is 3. The Hall–Kier alpha value is -4.32. The molecule has 2 aromatic rings. The van der Waals surface area contributed by atoms with Gasteiger partial charge in [-0.1, -0.05) is 44.2 Å². The first kappa shape index (κ1) is 21.4. The molecule has 156 valence electrons. The fourth-order valence-electron chi connectivity index (χ4n) is 2.95. The lowest BCUT2D eigenvalue weighted by Crippen LogP contribution is -2.30. The van der Waals surface area contributed by atoms with E-state index in [0.717, 1.165) is 6.07 Å². The van der Waals surface area contributed by atoms with Crippen molar-refractivity contribution in [3.05, 3.63) is 80.9 Å². The molecular formula is C22H19N5O4. The van der Waals surface area contributed by atoms with Gasteiger partial charge in [-0.2, -0.15) is 5.26 Å². The molecule has 2 amide bonds. The Bertz CT molecular complexity index is 1170. The molecule has 9 nitrogen and oxygen atoms in total. The number of carbonyl (C=O) groups excluding carboxylic acids is 2. The van der Waals surface area contributed by atoms with Gasteiger partial charge in [-0.05, 0) is 12.0 Å². The van der Waals surface area contributed by atoms with Gasteiger partial charge < -0.3 is 10.6 Å². The van der Waals surface area contributed by atoms with Gasteiger partial charge in [0, 0.05) is 35.4 Å². The number of aliphatic imine (C=N–C) groups is 1. The number of hydrogen-bond acceptors (Lipinski definition) is 6. The zero-order valence-corrected chi connectivity index (χ0v) is 16.9. The van der Waals surface area contributed by atoms with Gasteiger partial charge in [0.2, 0.25) is 0 Å². The van der Waals surface area contributed by atoms with E-state index in [1.54, 1.807) is 24.3 Å². The number of nitriles is 1. The van der Waals surface area contributed by atoms with Crippen LogP contribution in [0.25, 0.3) is 5.70 Å². The number of nitro benzene ring substituents is 1. The number of benzene rings is 2. The molecule has 0 radical (unpaired) electrons. The first-order valence-electron chi connectivity index (χ1n) is 9.48.